The van der Waals surface area contributed by atoms with Crippen LogP contribution in [0.5, 0.6) is 0 Å². The van der Waals surface area contributed by atoms with E-state index in [1.165, 1.54) is 9.75 Å². The minimum Gasteiger partial charge on any atom is -0.271 e. The number of aryl methyl sites for hydroxylation is 2. The molecular formula is C13H17ClN2S2. The van der Waals surface area contributed by atoms with Gasteiger partial charge in [-0.25, -0.2) is 0 Å². The van der Waals surface area contributed by atoms with Crippen molar-refractivity contribution in [2.24, 2.45) is 5.84 Å². The zero-order chi connectivity index (χ0) is 13.1. The molecule has 0 aliphatic rings. The van der Waals surface area contributed by atoms with Gasteiger partial charge in [0, 0.05) is 21.1 Å². The van der Waals surface area contributed by atoms with E-state index in [1.54, 1.807) is 11.3 Å². The number of rotatable bonds is 5. The first-order valence-corrected chi connectivity index (χ1v) is 8.00. The lowest BCUT2D eigenvalue weighted by Gasteiger charge is -2.14. The smallest absolute Gasteiger partial charge is 0.0616 e. The maximum Gasteiger partial charge on any atom is 0.0616 e. The summed E-state index contributed by atoms with van der Waals surface area (Å²) in [7, 11) is 0. The fourth-order valence-electron chi connectivity index (χ4n) is 1.84. The van der Waals surface area contributed by atoms with Gasteiger partial charge in [0.2, 0.25) is 0 Å². The molecule has 3 N–H and O–H groups in total. The van der Waals surface area contributed by atoms with Crippen molar-refractivity contribution in [3.8, 4) is 0 Å². The monoisotopic (exact) mass is 300 g/mol. The van der Waals surface area contributed by atoms with Gasteiger partial charge in [-0.1, -0.05) is 18.5 Å². The molecule has 2 rings (SSSR count). The van der Waals surface area contributed by atoms with E-state index in [9.17, 15) is 0 Å². The zero-order valence-corrected chi connectivity index (χ0v) is 12.9. The second-order valence-corrected chi connectivity index (χ2v) is 6.78. The molecule has 0 bridgehead atoms. The Morgan fingerprint density at radius 3 is 2.61 bits per heavy atom. The van der Waals surface area contributed by atoms with Crippen molar-refractivity contribution in [2.45, 2.75) is 32.7 Å². The Morgan fingerprint density at radius 1 is 1.39 bits per heavy atom. The van der Waals surface area contributed by atoms with Crippen LogP contribution in [0.4, 0.5) is 0 Å². The molecule has 2 heterocycles. The third-order valence-corrected chi connectivity index (χ3v) is 5.99. The summed E-state index contributed by atoms with van der Waals surface area (Å²) in [6.07, 6.45) is 1.98. The Morgan fingerprint density at radius 2 is 2.11 bits per heavy atom. The summed E-state index contributed by atoms with van der Waals surface area (Å²) in [5.74, 6) is 5.67. The van der Waals surface area contributed by atoms with Crippen LogP contribution in [0, 0.1) is 6.92 Å². The van der Waals surface area contributed by atoms with E-state index in [-0.39, 0.29) is 6.04 Å². The highest BCUT2D eigenvalue weighted by atomic mass is 35.5. The molecule has 0 saturated heterocycles. The highest BCUT2D eigenvalue weighted by Crippen LogP contribution is 2.34. The van der Waals surface area contributed by atoms with Gasteiger partial charge in [0.25, 0.3) is 0 Å². The maximum absolute atomic E-state index is 6.30. The lowest BCUT2D eigenvalue weighted by molar-refractivity contribution is 0.564. The molecule has 0 aliphatic heterocycles. The van der Waals surface area contributed by atoms with Crippen molar-refractivity contribution < 1.29 is 0 Å². The summed E-state index contributed by atoms with van der Waals surface area (Å²) < 4.78 is 0. The highest BCUT2D eigenvalue weighted by Gasteiger charge is 2.18. The van der Waals surface area contributed by atoms with Crippen molar-refractivity contribution in [2.75, 3.05) is 0 Å². The minimum absolute atomic E-state index is 0.0968. The number of thiophene rings is 2. The summed E-state index contributed by atoms with van der Waals surface area (Å²) in [5, 5.41) is 2.92. The van der Waals surface area contributed by atoms with E-state index in [1.807, 2.05) is 18.3 Å². The normalized spacial score (nSPS) is 12.9. The van der Waals surface area contributed by atoms with Crippen molar-refractivity contribution in [3.05, 3.63) is 42.7 Å². The Kier molecular flexibility index (Phi) is 4.81. The zero-order valence-electron chi connectivity index (χ0n) is 10.5. The average Bonchev–Trinajstić information content (AvgIpc) is 2.96. The molecule has 0 spiro atoms. The quantitative estimate of drug-likeness (QED) is 0.645. The van der Waals surface area contributed by atoms with Crippen molar-refractivity contribution in [1.82, 2.24) is 5.43 Å². The molecule has 5 heteroatoms. The molecule has 2 aromatic heterocycles. The predicted molar refractivity (Wildman–Crippen MR) is 81.5 cm³/mol. The van der Waals surface area contributed by atoms with E-state index in [2.05, 4.69) is 29.9 Å². The van der Waals surface area contributed by atoms with Crippen LogP contribution in [0.3, 0.4) is 0 Å². The van der Waals surface area contributed by atoms with Crippen LogP contribution < -0.4 is 11.3 Å². The summed E-state index contributed by atoms with van der Waals surface area (Å²) in [5.41, 5.74) is 4.00. The molecular weight excluding hydrogens is 284 g/mol. The predicted octanol–water partition coefficient (Wildman–Crippen LogP) is 4.08. The summed E-state index contributed by atoms with van der Waals surface area (Å²) in [6, 6.07) is 4.47. The molecule has 0 radical (unpaired) electrons. The van der Waals surface area contributed by atoms with Gasteiger partial charge in [0.1, 0.15) is 0 Å². The molecule has 1 atom stereocenters. The first-order chi connectivity index (χ1) is 8.65. The number of hydrogen-bond donors (Lipinski definition) is 2. The number of nitrogens with one attached hydrogen (secondary N) is 1. The number of hydrogen-bond acceptors (Lipinski definition) is 4. The lowest BCUT2D eigenvalue weighted by atomic mass is 10.1. The Balaban J connectivity index is 2.16. The van der Waals surface area contributed by atoms with Gasteiger partial charge in [-0.3, -0.25) is 11.3 Å². The van der Waals surface area contributed by atoms with Crippen LogP contribution in [-0.4, -0.2) is 0 Å². The van der Waals surface area contributed by atoms with Crippen molar-refractivity contribution in [1.29, 1.82) is 0 Å². The van der Waals surface area contributed by atoms with Crippen molar-refractivity contribution >= 4 is 34.3 Å². The summed E-state index contributed by atoms with van der Waals surface area (Å²) in [6.45, 7) is 4.20. The SMILES string of the molecule is CCc1ccc(CC(NN)c2scc(C)c2Cl)s1. The van der Waals surface area contributed by atoms with Gasteiger partial charge in [-0.2, -0.15) is 0 Å². The summed E-state index contributed by atoms with van der Waals surface area (Å²) in [4.78, 5) is 3.88. The van der Waals surface area contributed by atoms with Gasteiger partial charge >= 0.3 is 0 Å². The third kappa shape index (κ3) is 2.95. The molecule has 2 aromatic rings. The van der Waals surface area contributed by atoms with Gasteiger partial charge in [-0.05, 0) is 36.4 Å². The molecule has 0 saturated carbocycles. The standard InChI is InChI=1S/C13H17ClN2S2/c1-3-9-4-5-10(18-9)6-11(16-15)13-12(14)8(2)7-17-13/h4-5,7,11,16H,3,6,15H2,1-2H3. The van der Waals surface area contributed by atoms with Crippen LogP contribution in [0.25, 0.3) is 0 Å². The topological polar surface area (TPSA) is 38.0 Å². The van der Waals surface area contributed by atoms with E-state index in [0.717, 1.165) is 28.3 Å². The number of hydrazine groups is 1. The van der Waals surface area contributed by atoms with Gasteiger partial charge in [0.05, 0.1) is 11.1 Å². The maximum atomic E-state index is 6.30. The lowest BCUT2D eigenvalue weighted by Crippen LogP contribution is -2.28. The van der Waals surface area contributed by atoms with Gasteiger partial charge in [-0.15, -0.1) is 22.7 Å². The Bertz CT molecular complexity index is 519. The Hall–Kier alpha value is -0.390. The fourth-order valence-corrected chi connectivity index (χ4v) is 4.22. The fraction of sp³-hybridized carbons (Fsp3) is 0.385. The molecule has 18 heavy (non-hydrogen) atoms. The van der Waals surface area contributed by atoms with E-state index in [4.69, 9.17) is 17.4 Å². The first-order valence-electron chi connectivity index (χ1n) is 5.92. The van der Waals surface area contributed by atoms with E-state index in [0.29, 0.717) is 0 Å². The van der Waals surface area contributed by atoms with Gasteiger partial charge in [0.15, 0.2) is 0 Å². The molecule has 0 amide bonds. The largest absolute Gasteiger partial charge is 0.271 e. The molecule has 1 unspecified atom stereocenters. The second-order valence-electron chi connectivity index (χ2n) is 4.24. The molecule has 98 valence electrons. The second kappa shape index (κ2) is 6.17. The highest BCUT2D eigenvalue weighted by molar-refractivity contribution is 7.12. The van der Waals surface area contributed by atoms with Crippen LogP contribution in [-0.2, 0) is 12.8 Å². The van der Waals surface area contributed by atoms with E-state index >= 15 is 0 Å². The van der Waals surface area contributed by atoms with E-state index < -0.39 is 0 Å². The average molecular weight is 301 g/mol. The van der Waals surface area contributed by atoms with Crippen molar-refractivity contribution in [3.63, 3.8) is 0 Å². The molecule has 2 nitrogen and oxygen atoms in total. The molecule has 0 aliphatic carbocycles. The summed E-state index contributed by atoms with van der Waals surface area (Å²) >= 11 is 9.82. The van der Waals surface area contributed by atoms with Crippen LogP contribution in [0.15, 0.2) is 17.5 Å². The molecule has 0 aromatic carbocycles. The minimum atomic E-state index is 0.0968. The number of nitrogens with two attached hydrogens (primary N) is 1. The third-order valence-electron chi connectivity index (χ3n) is 2.91. The van der Waals surface area contributed by atoms with Crippen LogP contribution >= 0.6 is 34.3 Å². The Labute approximate surface area is 121 Å². The van der Waals surface area contributed by atoms with Gasteiger partial charge < -0.3 is 0 Å². The van der Waals surface area contributed by atoms with Crippen LogP contribution in [0.1, 0.15) is 33.2 Å². The molecule has 0 fully saturated rings. The number of halogens is 1. The van der Waals surface area contributed by atoms with Crippen LogP contribution in [0.2, 0.25) is 5.02 Å². The first kappa shape index (κ1) is 14.0.